The molecule has 0 radical (unpaired) electrons. The maximum absolute atomic E-state index is 12.7. The van der Waals surface area contributed by atoms with Crippen LogP contribution >= 0.6 is 0 Å². The molecule has 1 aromatic heterocycles. The molecule has 1 aliphatic carbocycles. The molecule has 0 spiro atoms. The lowest BCUT2D eigenvalue weighted by Gasteiger charge is -2.36. The summed E-state index contributed by atoms with van der Waals surface area (Å²) >= 11 is 0. The number of benzene rings is 1. The van der Waals surface area contributed by atoms with Gasteiger partial charge in [-0.2, -0.15) is 0 Å². The van der Waals surface area contributed by atoms with E-state index >= 15 is 0 Å². The first-order chi connectivity index (χ1) is 13.0. The molecule has 1 fully saturated rings. The van der Waals surface area contributed by atoms with Gasteiger partial charge in [-0.05, 0) is 36.5 Å². The first-order valence-corrected chi connectivity index (χ1v) is 9.22. The number of hydrogen-bond donors (Lipinski definition) is 3. The Balaban J connectivity index is 1.80. The van der Waals surface area contributed by atoms with E-state index in [1.54, 1.807) is 32.4 Å². The molecule has 0 saturated heterocycles. The third-order valence-electron chi connectivity index (χ3n) is 5.46. The van der Waals surface area contributed by atoms with Gasteiger partial charge in [0, 0.05) is 11.9 Å². The molecule has 0 bridgehead atoms. The molecule has 3 N–H and O–H groups in total. The normalized spacial score (nSPS) is 16.1. The van der Waals surface area contributed by atoms with Crippen molar-refractivity contribution in [1.29, 1.82) is 0 Å². The third kappa shape index (κ3) is 4.02. The summed E-state index contributed by atoms with van der Waals surface area (Å²) < 4.78 is 10.7. The van der Waals surface area contributed by atoms with E-state index in [0.717, 1.165) is 37.5 Å². The van der Waals surface area contributed by atoms with Crippen LogP contribution in [0.3, 0.4) is 0 Å². The summed E-state index contributed by atoms with van der Waals surface area (Å²) in [6.07, 6.45) is 4.87. The second kappa shape index (κ2) is 7.90. The van der Waals surface area contributed by atoms with Gasteiger partial charge in [-0.3, -0.25) is 9.59 Å². The number of methoxy groups -OCH3 is 2. The number of carbonyl (C=O) groups is 2. The number of H-pyrrole nitrogens is 1. The number of nitrogens with one attached hydrogen (secondary N) is 2. The van der Waals surface area contributed by atoms with E-state index < -0.39 is 5.97 Å². The molecule has 1 aromatic carbocycles. The fourth-order valence-electron chi connectivity index (χ4n) is 4.04. The Bertz CT molecular complexity index is 795. The number of carboxylic acids is 1. The van der Waals surface area contributed by atoms with Gasteiger partial charge in [-0.1, -0.05) is 19.3 Å². The predicted molar refractivity (Wildman–Crippen MR) is 102 cm³/mol. The zero-order chi connectivity index (χ0) is 19.4. The van der Waals surface area contributed by atoms with Crippen LogP contribution in [0.1, 0.15) is 49.0 Å². The summed E-state index contributed by atoms with van der Waals surface area (Å²) in [5.74, 6) is 0.201. The number of aromatic nitrogens is 1. The third-order valence-corrected chi connectivity index (χ3v) is 5.46. The van der Waals surface area contributed by atoms with E-state index in [9.17, 15) is 14.7 Å². The summed E-state index contributed by atoms with van der Waals surface area (Å²) in [6, 6.07) is 5.31. The number of aromatic amines is 1. The molecular formula is C20H26N2O5. The van der Waals surface area contributed by atoms with E-state index in [-0.39, 0.29) is 17.7 Å². The number of aliphatic carboxylic acids is 1. The highest BCUT2D eigenvalue weighted by Crippen LogP contribution is 2.39. The van der Waals surface area contributed by atoms with E-state index in [4.69, 9.17) is 9.47 Å². The first kappa shape index (κ1) is 19.1. The highest BCUT2D eigenvalue weighted by atomic mass is 16.5. The molecule has 0 unspecified atom stereocenters. The van der Waals surface area contributed by atoms with Gasteiger partial charge in [0.1, 0.15) is 17.2 Å². The number of carboxylic acid groups (broad SMARTS) is 1. The lowest BCUT2D eigenvalue weighted by Crippen LogP contribution is -2.40. The molecule has 146 valence electrons. The van der Waals surface area contributed by atoms with E-state index in [1.165, 1.54) is 0 Å². The van der Waals surface area contributed by atoms with Crippen molar-refractivity contribution in [2.75, 3.05) is 20.8 Å². The smallest absolute Gasteiger partial charge is 0.303 e. The summed E-state index contributed by atoms with van der Waals surface area (Å²) in [6.45, 7) is 0.363. The van der Waals surface area contributed by atoms with Crippen molar-refractivity contribution in [2.24, 2.45) is 5.41 Å². The Kier molecular flexibility index (Phi) is 5.58. The fourth-order valence-corrected chi connectivity index (χ4v) is 4.04. The van der Waals surface area contributed by atoms with Crippen LogP contribution in [0, 0.1) is 5.41 Å². The monoisotopic (exact) mass is 374 g/mol. The highest BCUT2D eigenvalue weighted by molar-refractivity contribution is 6.01. The minimum Gasteiger partial charge on any atom is -0.496 e. The molecule has 1 amide bonds. The molecule has 0 aliphatic heterocycles. The van der Waals surface area contributed by atoms with Crippen LogP contribution in [0.5, 0.6) is 11.5 Å². The van der Waals surface area contributed by atoms with Crippen LogP contribution in [0.25, 0.3) is 10.9 Å². The van der Waals surface area contributed by atoms with Crippen molar-refractivity contribution in [3.63, 3.8) is 0 Å². The van der Waals surface area contributed by atoms with Gasteiger partial charge in [0.2, 0.25) is 0 Å². The fraction of sp³-hybridized carbons (Fsp3) is 0.500. The van der Waals surface area contributed by atoms with Gasteiger partial charge in [0.05, 0.1) is 26.2 Å². The SMILES string of the molecule is COc1ccc(OC)c2[nH]c(C(=O)NCC3(CC(=O)O)CCCCC3)cc12. The zero-order valence-electron chi connectivity index (χ0n) is 15.8. The van der Waals surface area contributed by atoms with E-state index in [1.807, 2.05) is 0 Å². The molecule has 0 atom stereocenters. The van der Waals surface area contributed by atoms with Crippen LogP contribution in [-0.2, 0) is 4.79 Å². The topological polar surface area (TPSA) is 101 Å². The van der Waals surface area contributed by atoms with Gasteiger partial charge < -0.3 is 24.9 Å². The summed E-state index contributed by atoms with van der Waals surface area (Å²) in [7, 11) is 3.15. The Morgan fingerprint density at radius 3 is 2.44 bits per heavy atom. The van der Waals surface area contributed by atoms with Crippen LogP contribution < -0.4 is 14.8 Å². The van der Waals surface area contributed by atoms with Crippen molar-refractivity contribution in [3.8, 4) is 11.5 Å². The average molecular weight is 374 g/mol. The zero-order valence-corrected chi connectivity index (χ0v) is 15.8. The number of rotatable bonds is 7. The van der Waals surface area contributed by atoms with Crippen molar-refractivity contribution < 1.29 is 24.2 Å². The summed E-state index contributed by atoms with van der Waals surface area (Å²) in [4.78, 5) is 27.1. The molecule has 1 aliphatic rings. The lowest BCUT2D eigenvalue weighted by molar-refractivity contribution is -0.140. The minimum atomic E-state index is -0.814. The predicted octanol–water partition coefficient (Wildman–Crippen LogP) is 3.34. The maximum Gasteiger partial charge on any atom is 0.303 e. The van der Waals surface area contributed by atoms with E-state index in [2.05, 4.69) is 10.3 Å². The molecule has 27 heavy (non-hydrogen) atoms. The lowest BCUT2D eigenvalue weighted by atomic mass is 9.71. The van der Waals surface area contributed by atoms with Crippen molar-refractivity contribution in [3.05, 3.63) is 23.9 Å². The van der Waals surface area contributed by atoms with Gasteiger partial charge in [0.15, 0.2) is 0 Å². The second-order valence-electron chi connectivity index (χ2n) is 7.26. The van der Waals surface area contributed by atoms with Gasteiger partial charge >= 0.3 is 5.97 Å². The number of fused-ring (bicyclic) bond motifs is 1. The maximum atomic E-state index is 12.7. The van der Waals surface area contributed by atoms with Gasteiger partial charge in [0.25, 0.3) is 5.91 Å². The van der Waals surface area contributed by atoms with E-state index in [0.29, 0.717) is 29.3 Å². The standard InChI is InChI=1S/C20H26N2O5/c1-26-15-6-7-16(27-2)18-13(15)10-14(22-18)19(25)21-12-20(11-17(23)24)8-4-3-5-9-20/h6-7,10,22H,3-5,8-9,11-12H2,1-2H3,(H,21,25)(H,23,24). The Morgan fingerprint density at radius 2 is 1.81 bits per heavy atom. The number of amides is 1. The first-order valence-electron chi connectivity index (χ1n) is 9.22. The largest absolute Gasteiger partial charge is 0.496 e. The number of ether oxygens (including phenoxy) is 2. The minimum absolute atomic E-state index is 0.0849. The summed E-state index contributed by atoms with van der Waals surface area (Å²) in [5.41, 5.74) is 0.732. The van der Waals surface area contributed by atoms with Crippen LogP contribution in [-0.4, -0.2) is 42.7 Å². The van der Waals surface area contributed by atoms with Crippen molar-refractivity contribution >= 4 is 22.8 Å². The second-order valence-corrected chi connectivity index (χ2v) is 7.26. The van der Waals surface area contributed by atoms with Crippen molar-refractivity contribution in [2.45, 2.75) is 38.5 Å². The molecule has 7 heteroatoms. The van der Waals surface area contributed by atoms with Gasteiger partial charge in [-0.25, -0.2) is 0 Å². The molecule has 3 rings (SSSR count). The molecule has 7 nitrogen and oxygen atoms in total. The van der Waals surface area contributed by atoms with Crippen LogP contribution in [0.2, 0.25) is 0 Å². The Hall–Kier alpha value is -2.70. The van der Waals surface area contributed by atoms with Crippen molar-refractivity contribution in [1.82, 2.24) is 10.3 Å². The molecule has 2 aromatic rings. The number of carbonyl (C=O) groups excluding carboxylic acids is 1. The van der Waals surface area contributed by atoms with Crippen LogP contribution in [0.15, 0.2) is 18.2 Å². The van der Waals surface area contributed by atoms with Gasteiger partial charge in [-0.15, -0.1) is 0 Å². The molecular weight excluding hydrogens is 348 g/mol. The Labute approximate surface area is 158 Å². The molecule has 1 heterocycles. The Morgan fingerprint density at radius 1 is 1.15 bits per heavy atom. The average Bonchev–Trinajstić information content (AvgIpc) is 3.11. The summed E-state index contributed by atoms with van der Waals surface area (Å²) in [5, 5.41) is 13.0. The molecule has 1 saturated carbocycles. The quantitative estimate of drug-likeness (QED) is 0.690. The number of hydrogen-bond acceptors (Lipinski definition) is 4. The highest BCUT2D eigenvalue weighted by Gasteiger charge is 2.35. The van der Waals surface area contributed by atoms with Crippen LogP contribution in [0.4, 0.5) is 0 Å².